The predicted octanol–water partition coefficient (Wildman–Crippen LogP) is 1.53. The van der Waals surface area contributed by atoms with Crippen LogP contribution in [0, 0.1) is 11.3 Å². The van der Waals surface area contributed by atoms with Crippen molar-refractivity contribution >= 4 is 5.91 Å². The van der Waals surface area contributed by atoms with Crippen molar-refractivity contribution in [3.63, 3.8) is 0 Å². The zero-order valence-corrected chi connectivity index (χ0v) is 9.79. The number of likely N-dealkylation sites (tertiary alicyclic amines) is 1. The van der Waals surface area contributed by atoms with Gasteiger partial charge in [0.2, 0.25) is 5.91 Å². The van der Waals surface area contributed by atoms with Gasteiger partial charge < -0.3 is 5.73 Å². The van der Waals surface area contributed by atoms with Crippen LogP contribution in [0.15, 0.2) is 0 Å². The molecule has 15 heavy (non-hydrogen) atoms. The number of hydrogen-bond donors (Lipinski definition) is 1. The molecule has 1 fully saturated rings. The van der Waals surface area contributed by atoms with Gasteiger partial charge in [-0.25, -0.2) is 4.39 Å². The number of rotatable bonds is 2. The molecule has 1 aliphatic rings. The summed E-state index contributed by atoms with van der Waals surface area (Å²) in [5, 5.41) is 0. The van der Waals surface area contributed by atoms with Gasteiger partial charge in [-0.1, -0.05) is 20.8 Å². The SMILES string of the molecule is CC(C)(C)C(F)N1CCC(C(N)=O)CC1. The van der Waals surface area contributed by atoms with Crippen LogP contribution in [0.2, 0.25) is 0 Å². The van der Waals surface area contributed by atoms with Crippen LogP contribution in [0.3, 0.4) is 0 Å². The molecule has 0 aromatic heterocycles. The summed E-state index contributed by atoms with van der Waals surface area (Å²) in [5.74, 6) is -0.311. The summed E-state index contributed by atoms with van der Waals surface area (Å²) < 4.78 is 13.9. The Balaban J connectivity index is 2.47. The maximum absolute atomic E-state index is 13.9. The third-order valence-corrected chi connectivity index (χ3v) is 2.97. The number of nitrogens with two attached hydrogens (primary N) is 1. The lowest BCUT2D eigenvalue weighted by Gasteiger charge is -2.38. The molecule has 1 atom stereocenters. The van der Waals surface area contributed by atoms with E-state index in [1.807, 2.05) is 20.8 Å². The summed E-state index contributed by atoms with van der Waals surface area (Å²) in [6.45, 7) is 6.92. The standard InChI is InChI=1S/C11H21FN2O/c1-11(2,3)10(12)14-6-4-8(5-7-14)9(13)15/h8,10H,4-7H2,1-3H3,(H2,13,15). The minimum atomic E-state index is -0.939. The Hall–Kier alpha value is -0.640. The zero-order valence-electron chi connectivity index (χ0n) is 9.79. The largest absolute Gasteiger partial charge is 0.369 e. The van der Waals surface area contributed by atoms with Crippen LogP contribution in [0.5, 0.6) is 0 Å². The van der Waals surface area contributed by atoms with E-state index in [0.29, 0.717) is 25.9 Å². The molecular weight excluding hydrogens is 195 g/mol. The van der Waals surface area contributed by atoms with E-state index >= 15 is 0 Å². The van der Waals surface area contributed by atoms with Crippen LogP contribution in [-0.2, 0) is 4.79 Å². The number of piperidine rings is 1. The van der Waals surface area contributed by atoms with E-state index < -0.39 is 6.30 Å². The predicted molar refractivity (Wildman–Crippen MR) is 57.8 cm³/mol. The van der Waals surface area contributed by atoms with Gasteiger partial charge in [-0.2, -0.15) is 0 Å². The molecule has 1 heterocycles. The Kier molecular flexibility index (Phi) is 3.71. The molecule has 88 valence electrons. The molecule has 0 radical (unpaired) electrons. The van der Waals surface area contributed by atoms with Crippen LogP contribution in [0.1, 0.15) is 33.6 Å². The summed E-state index contributed by atoms with van der Waals surface area (Å²) in [7, 11) is 0. The van der Waals surface area contributed by atoms with E-state index in [9.17, 15) is 9.18 Å². The maximum Gasteiger partial charge on any atom is 0.220 e. The number of carbonyl (C=O) groups excluding carboxylic acids is 1. The van der Waals surface area contributed by atoms with E-state index in [4.69, 9.17) is 5.73 Å². The first-order valence-corrected chi connectivity index (χ1v) is 5.50. The average molecular weight is 216 g/mol. The molecule has 0 spiro atoms. The lowest BCUT2D eigenvalue weighted by Crippen LogP contribution is -2.46. The van der Waals surface area contributed by atoms with E-state index in [0.717, 1.165) is 0 Å². The summed E-state index contributed by atoms with van der Waals surface area (Å²) in [4.78, 5) is 12.7. The number of nitrogens with zero attached hydrogens (tertiary/aromatic N) is 1. The van der Waals surface area contributed by atoms with Crippen molar-refractivity contribution < 1.29 is 9.18 Å². The first-order valence-electron chi connectivity index (χ1n) is 5.50. The second-order valence-corrected chi connectivity index (χ2v) is 5.41. The highest BCUT2D eigenvalue weighted by molar-refractivity contribution is 5.76. The van der Waals surface area contributed by atoms with Gasteiger partial charge in [0.25, 0.3) is 0 Å². The Morgan fingerprint density at radius 1 is 1.40 bits per heavy atom. The van der Waals surface area contributed by atoms with E-state index in [1.54, 1.807) is 4.90 Å². The molecule has 3 nitrogen and oxygen atoms in total. The Labute approximate surface area is 90.8 Å². The molecule has 1 rings (SSSR count). The van der Waals surface area contributed by atoms with Crippen LogP contribution in [0.25, 0.3) is 0 Å². The van der Waals surface area contributed by atoms with Gasteiger partial charge in [-0.3, -0.25) is 9.69 Å². The highest BCUT2D eigenvalue weighted by Crippen LogP contribution is 2.29. The van der Waals surface area contributed by atoms with E-state index in [2.05, 4.69) is 0 Å². The van der Waals surface area contributed by atoms with Crippen molar-refractivity contribution in [2.24, 2.45) is 17.1 Å². The molecule has 1 amide bonds. The number of alkyl halides is 1. The fraction of sp³-hybridized carbons (Fsp3) is 0.909. The molecule has 1 aliphatic heterocycles. The lowest BCUT2D eigenvalue weighted by molar-refractivity contribution is -0.124. The van der Waals surface area contributed by atoms with Crippen molar-refractivity contribution in [1.82, 2.24) is 4.90 Å². The molecule has 0 saturated carbocycles. The number of amides is 1. The Morgan fingerprint density at radius 3 is 2.20 bits per heavy atom. The molecule has 4 heteroatoms. The van der Waals surface area contributed by atoms with E-state index in [-0.39, 0.29) is 17.2 Å². The summed E-state index contributed by atoms with van der Waals surface area (Å²) in [6, 6.07) is 0. The van der Waals surface area contributed by atoms with Crippen LogP contribution >= 0.6 is 0 Å². The molecule has 0 aromatic carbocycles. The monoisotopic (exact) mass is 216 g/mol. The first kappa shape index (κ1) is 12.4. The van der Waals surface area contributed by atoms with Gasteiger partial charge in [-0.05, 0) is 12.8 Å². The van der Waals surface area contributed by atoms with Crippen molar-refractivity contribution in [2.75, 3.05) is 13.1 Å². The second kappa shape index (κ2) is 4.47. The lowest BCUT2D eigenvalue weighted by atomic mass is 9.90. The molecule has 0 aliphatic carbocycles. The third kappa shape index (κ3) is 3.16. The Bertz CT molecular complexity index is 229. The van der Waals surface area contributed by atoms with Crippen molar-refractivity contribution in [1.29, 1.82) is 0 Å². The topological polar surface area (TPSA) is 46.3 Å². The van der Waals surface area contributed by atoms with Crippen molar-refractivity contribution in [2.45, 2.75) is 39.9 Å². The third-order valence-electron chi connectivity index (χ3n) is 2.97. The second-order valence-electron chi connectivity index (χ2n) is 5.41. The van der Waals surface area contributed by atoms with Crippen LogP contribution in [-0.4, -0.2) is 30.2 Å². The number of carbonyl (C=O) groups is 1. The molecule has 0 bridgehead atoms. The smallest absolute Gasteiger partial charge is 0.220 e. The fourth-order valence-electron chi connectivity index (χ4n) is 1.96. The summed E-state index contributed by atoms with van der Waals surface area (Å²) >= 11 is 0. The van der Waals surface area contributed by atoms with Gasteiger partial charge in [0.1, 0.15) is 0 Å². The highest BCUT2D eigenvalue weighted by Gasteiger charge is 2.33. The van der Waals surface area contributed by atoms with Gasteiger partial charge in [0, 0.05) is 24.4 Å². The number of hydrogen-bond acceptors (Lipinski definition) is 2. The van der Waals surface area contributed by atoms with Crippen LogP contribution < -0.4 is 5.73 Å². The normalized spacial score (nSPS) is 22.7. The van der Waals surface area contributed by atoms with Gasteiger partial charge in [-0.15, -0.1) is 0 Å². The minimum absolute atomic E-state index is 0.0616. The molecular formula is C11H21FN2O. The quantitative estimate of drug-likeness (QED) is 0.711. The Morgan fingerprint density at radius 2 is 1.87 bits per heavy atom. The molecule has 2 N–H and O–H groups in total. The first-order chi connectivity index (χ1) is 6.82. The zero-order chi connectivity index (χ0) is 11.6. The molecule has 1 unspecified atom stereocenters. The van der Waals surface area contributed by atoms with Crippen LogP contribution in [0.4, 0.5) is 4.39 Å². The van der Waals surface area contributed by atoms with Crippen molar-refractivity contribution in [3.8, 4) is 0 Å². The van der Waals surface area contributed by atoms with E-state index in [1.165, 1.54) is 0 Å². The fourth-order valence-corrected chi connectivity index (χ4v) is 1.96. The van der Waals surface area contributed by atoms with Gasteiger partial charge >= 0.3 is 0 Å². The average Bonchev–Trinajstić information content (AvgIpc) is 2.15. The van der Waals surface area contributed by atoms with Crippen molar-refractivity contribution in [3.05, 3.63) is 0 Å². The number of primary amides is 1. The highest BCUT2D eigenvalue weighted by atomic mass is 19.1. The maximum atomic E-state index is 13.9. The van der Waals surface area contributed by atoms with Gasteiger partial charge in [0.05, 0.1) is 0 Å². The molecule has 1 saturated heterocycles. The molecule has 0 aromatic rings. The number of halogens is 1. The minimum Gasteiger partial charge on any atom is -0.369 e. The summed E-state index contributed by atoms with van der Waals surface area (Å²) in [6.07, 6.45) is 0.434. The van der Waals surface area contributed by atoms with Gasteiger partial charge in [0.15, 0.2) is 6.30 Å². The summed E-state index contributed by atoms with van der Waals surface area (Å²) in [5.41, 5.74) is 4.86.